The van der Waals surface area contributed by atoms with Crippen molar-refractivity contribution in [2.45, 2.75) is 64.5 Å². The van der Waals surface area contributed by atoms with Crippen LogP contribution in [0.2, 0.25) is 0 Å². The van der Waals surface area contributed by atoms with Gasteiger partial charge in [0.15, 0.2) is 0 Å². The summed E-state index contributed by atoms with van der Waals surface area (Å²) in [6, 6.07) is 16.7. The van der Waals surface area contributed by atoms with Crippen molar-refractivity contribution in [1.82, 2.24) is 15.5 Å². The molecule has 2 aromatic carbocycles. The molecule has 2 atom stereocenters. The smallest absolute Gasteiger partial charge is 0.227 e. The number of likely N-dealkylation sites (N-methyl/N-ethyl adjacent to an activating group) is 1. The highest BCUT2D eigenvalue weighted by Crippen LogP contribution is 2.31. The quantitative estimate of drug-likeness (QED) is 0.0874. The van der Waals surface area contributed by atoms with Gasteiger partial charge in [0.05, 0.1) is 0 Å². The summed E-state index contributed by atoms with van der Waals surface area (Å²) in [6.45, 7) is 3.52. The minimum atomic E-state index is -0.428. The molecule has 0 aliphatic carbocycles. The lowest BCUT2D eigenvalue weighted by Gasteiger charge is -2.32. The van der Waals surface area contributed by atoms with Crippen molar-refractivity contribution >= 4 is 60.4 Å². The molecule has 3 heterocycles. The summed E-state index contributed by atoms with van der Waals surface area (Å²) in [4.78, 5) is 28.3. The van der Waals surface area contributed by atoms with Crippen LogP contribution < -0.4 is 10.6 Å². The molecule has 0 radical (unpaired) electrons. The van der Waals surface area contributed by atoms with E-state index in [0.717, 1.165) is 62.9 Å². The van der Waals surface area contributed by atoms with E-state index in [9.17, 15) is 9.59 Å². The van der Waals surface area contributed by atoms with Gasteiger partial charge in [-0.1, -0.05) is 42.8 Å². The molecule has 6 nitrogen and oxygen atoms in total. The summed E-state index contributed by atoms with van der Waals surface area (Å²) >= 11 is 3.42. The molecule has 0 bridgehead atoms. The lowest BCUT2D eigenvalue weighted by molar-refractivity contribution is -0.138. The first kappa shape index (κ1) is 30.4. The predicted molar refractivity (Wildman–Crippen MR) is 177 cm³/mol. The lowest BCUT2D eigenvalue weighted by atomic mass is 9.88. The van der Waals surface area contributed by atoms with Gasteiger partial charge in [-0.3, -0.25) is 9.59 Å². The molecular formula is C34H42N4O2S2. The zero-order chi connectivity index (χ0) is 29.5. The fourth-order valence-corrected chi connectivity index (χ4v) is 8.16. The van der Waals surface area contributed by atoms with Crippen molar-refractivity contribution in [3.63, 3.8) is 0 Å². The Hall–Kier alpha value is -3.07. The number of unbranched alkanes of at least 4 members (excludes halogenated alkanes) is 1. The molecule has 1 aliphatic heterocycles. The molecule has 222 valence electrons. The molecule has 42 heavy (non-hydrogen) atoms. The maximum Gasteiger partial charge on any atom is 0.227 e. The number of amides is 2. The summed E-state index contributed by atoms with van der Waals surface area (Å²) in [5.41, 5.74) is 3.23. The zero-order valence-corrected chi connectivity index (χ0v) is 26.3. The second-order valence-electron chi connectivity index (χ2n) is 11.6. The average molecular weight is 603 g/mol. The Labute approximate surface area is 257 Å². The summed E-state index contributed by atoms with van der Waals surface area (Å²) in [5, 5.41) is 21.8. The molecule has 1 aliphatic rings. The molecular weight excluding hydrogens is 561 g/mol. The molecule has 3 N–H and O–H groups in total. The van der Waals surface area contributed by atoms with Crippen LogP contribution in [0, 0.1) is 17.2 Å². The Morgan fingerprint density at radius 1 is 0.952 bits per heavy atom. The first-order valence-electron chi connectivity index (χ1n) is 15.1. The van der Waals surface area contributed by atoms with Gasteiger partial charge in [-0.25, -0.2) is 0 Å². The van der Waals surface area contributed by atoms with Crippen LogP contribution in [0.25, 0.3) is 20.2 Å². The van der Waals surface area contributed by atoms with Gasteiger partial charge in [-0.2, -0.15) is 0 Å². The molecule has 1 saturated heterocycles. The molecule has 1 fully saturated rings. The lowest BCUT2D eigenvalue weighted by Crippen LogP contribution is -2.51. The largest absolute Gasteiger partial charge is 0.336 e. The fraction of sp³-hybridized carbons (Fsp3) is 0.441. The maximum atomic E-state index is 14.2. The van der Waals surface area contributed by atoms with Crippen LogP contribution in [-0.2, 0) is 22.4 Å². The number of nitrogens with one attached hydrogen (secondary N) is 3. The topological polar surface area (TPSA) is 85.3 Å². The number of carbonyl (C=O) groups excluding carboxylic acids is 2. The number of carbonyl (C=O) groups is 2. The van der Waals surface area contributed by atoms with E-state index in [-0.39, 0.29) is 17.7 Å². The zero-order valence-electron chi connectivity index (χ0n) is 24.7. The number of hydrogen-bond acceptors (Lipinski definition) is 6. The summed E-state index contributed by atoms with van der Waals surface area (Å²) < 4.78 is 2.45. The van der Waals surface area contributed by atoms with E-state index in [0.29, 0.717) is 18.8 Å². The SMILES string of the molecule is CC(=O)N[C@@H](Cc1csc2ccccc12)N(C)C(=O)[C@H](CCCCC(=N)C1CCNCC1)Cc1csc2ccccc12. The molecule has 5 rings (SSSR count). The Morgan fingerprint density at radius 3 is 2.17 bits per heavy atom. The molecule has 0 spiro atoms. The summed E-state index contributed by atoms with van der Waals surface area (Å²) in [7, 11) is 1.84. The molecule has 0 unspecified atom stereocenters. The third-order valence-electron chi connectivity index (χ3n) is 8.62. The first-order chi connectivity index (χ1) is 20.4. The van der Waals surface area contributed by atoms with Crippen molar-refractivity contribution in [1.29, 1.82) is 5.41 Å². The highest BCUT2D eigenvalue weighted by molar-refractivity contribution is 7.17. The van der Waals surface area contributed by atoms with Gasteiger partial charge >= 0.3 is 0 Å². The number of nitrogens with zero attached hydrogens (tertiary/aromatic N) is 1. The third-order valence-corrected chi connectivity index (χ3v) is 10.6. The van der Waals surface area contributed by atoms with Crippen LogP contribution in [0.3, 0.4) is 0 Å². The van der Waals surface area contributed by atoms with Crippen LogP contribution in [0.1, 0.15) is 56.6 Å². The second-order valence-corrected chi connectivity index (χ2v) is 13.4. The third kappa shape index (κ3) is 7.46. The van der Waals surface area contributed by atoms with E-state index < -0.39 is 6.17 Å². The van der Waals surface area contributed by atoms with E-state index in [1.165, 1.54) is 32.7 Å². The van der Waals surface area contributed by atoms with Gasteiger partial charge in [0, 0.05) is 41.4 Å². The van der Waals surface area contributed by atoms with E-state index in [2.05, 4.69) is 57.8 Å². The summed E-state index contributed by atoms with van der Waals surface area (Å²) in [5.74, 6) is 0.128. The highest BCUT2D eigenvalue weighted by atomic mass is 32.1. The normalized spacial score (nSPS) is 15.5. The van der Waals surface area contributed by atoms with Crippen molar-refractivity contribution in [2.24, 2.45) is 11.8 Å². The van der Waals surface area contributed by atoms with E-state index >= 15 is 0 Å². The number of fused-ring (bicyclic) bond motifs is 2. The molecule has 4 aromatic rings. The van der Waals surface area contributed by atoms with Crippen LogP contribution in [0.4, 0.5) is 0 Å². The van der Waals surface area contributed by atoms with Gasteiger partial charge in [0.1, 0.15) is 6.17 Å². The average Bonchev–Trinajstić information content (AvgIpc) is 3.61. The van der Waals surface area contributed by atoms with Gasteiger partial charge < -0.3 is 20.9 Å². The summed E-state index contributed by atoms with van der Waals surface area (Å²) in [6.07, 6.45) is 6.32. The Balaban J connectivity index is 1.31. The Bertz CT molecular complexity index is 1520. The number of thiophene rings is 2. The van der Waals surface area contributed by atoms with Crippen molar-refractivity contribution in [2.75, 3.05) is 20.1 Å². The van der Waals surface area contributed by atoms with Gasteiger partial charge in [0.2, 0.25) is 11.8 Å². The van der Waals surface area contributed by atoms with Gasteiger partial charge in [-0.05, 0) is 102 Å². The van der Waals surface area contributed by atoms with Crippen LogP contribution in [0.5, 0.6) is 0 Å². The minimum Gasteiger partial charge on any atom is -0.336 e. The molecule has 8 heteroatoms. The predicted octanol–water partition coefficient (Wildman–Crippen LogP) is 7.02. The number of hydrogen-bond donors (Lipinski definition) is 3. The van der Waals surface area contributed by atoms with E-state index in [4.69, 9.17) is 5.41 Å². The molecule has 2 aromatic heterocycles. The standard InChI is InChI=1S/C34H42N4O2S2/c1-23(39)37-33(20-27-22-42-32-14-8-5-11-29(27)32)38(2)34(40)25(19-26-21-41-31-13-7-4-10-28(26)31)9-3-6-12-30(35)24-15-17-36-18-16-24/h4-5,7-8,10-11,13-14,21-22,24-25,33,35-36H,3,6,9,12,15-20H2,1-2H3,(H,37,39)/t25-,33-/m1/s1. The number of rotatable bonds is 13. The first-order valence-corrected chi connectivity index (χ1v) is 16.9. The Kier molecular flexibility index (Phi) is 10.4. The highest BCUT2D eigenvalue weighted by Gasteiger charge is 2.29. The van der Waals surface area contributed by atoms with Crippen LogP contribution >= 0.6 is 22.7 Å². The van der Waals surface area contributed by atoms with Crippen molar-refractivity contribution < 1.29 is 9.59 Å². The van der Waals surface area contributed by atoms with Crippen molar-refractivity contribution in [3.05, 3.63) is 70.4 Å². The van der Waals surface area contributed by atoms with Crippen molar-refractivity contribution in [3.8, 4) is 0 Å². The molecule has 0 saturated carbocycles. The fourth-order valence-electron chi connectivity index (χ4n) is 6.21. The van der Waals surface area contributed by atoms with E-state index in [1.807, 2.05) is 19.2 Å². The van der Waals surface area contributed by atoms with Gasteiger partial charge in [0.25, 0.3) is 0 Å². The molecule has 2 amide bonds. The monoisotopic (exact) mass is 602 g/mol. The number of benzene rings is 2. The maximum absolute atomic E-state index is 14.2. The van der Waals surface area contributed by atoms with Crippen LogP contribution in [0.15, 0.2) is 59.3 Å². The Morgan fingerprint density at radius 2 is 1.55 bits per heavy atom. The van der Waals surface area contributed by atoms with Crippen LogP contribution in [-0.4, -0.2) is 48.7 Å². The second kappa shape index (κ2) is 14.4. The minimum absolute atomic E-state index is 0.0667. The van der Waals surface area contributed by atoms with E-state index in [1.54, 1.807) is 27.6 Å². The van der Waals surface area contributed by atoms with Gasteiger partial charge in [-0.15, -0.1) is 22.7 Å². The number of piperidine rings is 1.